The molecule has 20 heteroatoms. The van der Waals surface area contributed by atoms with Crippen LogP contribution in [-0.4, -0.2) is 76.8 Å². The van der Waals surface area contributed by atoms with E-state index < -0.39 is 84.6 Å². The van der Waals surface area contributed by atoms with Crippen molar-refractivity contribution in [1.82, 2.24) is 0 Å². The zero-order chi connectivity index (χ0) is 34.0. The van der Waals surface area contributed by atoms with Crippen LogP contribution in [0.25, 0.3) is 5.73 Å². The molecule has 0 heterocycles. The maximum absolute atomic E-state index is 10.2. The van der Waals surface area contributed by atoms with Gasteiger partial charge in [-0.3, -0.25) is 9.59 Å². The van der Waals surface area contributed by atoms with Crippen molar-refractivity contribution in [1.29, 1.82) is 0 Å². The number of hydrogen-bond donors (Lipinski definition) is 2. The Labute approximate surface area is 237 Å². The molecule has 0 bridgehead atoms. The fourth-order valence-electron chi connectivity index (χ4n) is 1.83. The Morgan fingerprint density at radius 3 is 1.29 bits per heavy atom. The number of ketones is 2. The van der Waals surface area contributed by atoms with Gasteiger partial charge in [0.1, 0.15) is 11.9 Å². The average molecular weight is 608 g/mol. The Morgan fingerprint density at radius 1 is 0.571 bits per heavy atom. The molecule has 20 nitrogen and oxygen atoms in total. The van der Waals surface area contributed by atoms with Gasteiger partial charge in [-0.25, -0.2) is 0 Å². The van der Waals surface area contributed by atoms with Crippen molar-refractivity contribution in [3.05, 3.63) is 5.73 Å². The number of carboxylic acids is 7. The van der Waals surface area contributed by atoms with E-state index in [-0.39, 0.29) is 51.4 Å². The monoisotopic (exact) mass is 608 g/mol. The molecule has 0 radical (unpaired) electrons. The van der Waals surface area contributed by atoms with Gasteiger partial charge in [-0.2, -0.15) is 0 Å². The second-order valence-corrected chi connectivity index (χ2v) is 7.72. The third-order valence-corrected chi connectivity index (χ3v) is 4.08. The van der Waals surface area contributed by atoms with Crippen molar-refractivity contribution in [2.45, 2.75) is 82.6 Å². The molecule has 0 aliphatic carbocycles. The molecular formula is C22H28N2O18-8. The first kappa shape index (κ1) is 44.5. The number of quaternary nitrogens is 1. The molecular weight excluding hydrogens is 580 g/mol. The highest BCUT2D eigenvalue weighted by atomic mass is 16.5. The molecule has 0 amide bonds. The minimum absolute atomic E-state index is 0.00366. The third kappa shape index (κ3) is 37.6. The summed E-state index contributed by atoms with van der Waals surface area (Å²) < 4.78 is 0. The molecule has 0 rings (SSSR count). The Bertz CT molecular complexity index is 917. The number of aliphatic hydroxyl groups is 1. The second kappa shape index (κ2) is 26.7. The van der Waals surface area contributed by atoms with Gasteiger partial charge in [0, 0.05) is 55.4 Å². The predicted molar refractivity (Wildman–Crippen MR) is 112 cm³/mol. The minimum atomic E-state index is -1.86. The number of carbonyl (C=O) groups excluding carboxylic acids is 9. The molecule has 0 spiro atoms. The van der Waals surface area contributed by atoms with E-state index in [4.69, 9.17) is 10.8 Å². The molecule has 0 fully saturated rings. The Hall–Kier alpha value is -4.53. The molecule has 0 aromatic rings. The lowest BCUT2D eigenvalue weighted by molar-refractivity contribution is -0.572. The summed E-state index contributed by atoms with van der Waals surface area (Å²) in [5.41, 5.74) is 10.1. The van der Waals surface area contributed by atoms with Gasteiger partial charge in [-0.15, -0.1) is 0 Å². The number of nitrogens with one attached hydrogen (secondary N) is 1. The van der Waals surface area contributed by atoms with Crippen molar-refractivity contribution in [2.75, 3.05) is 0 Å². The molecule has 0 saturated heterocycles. The quantitative estimate of drug-likeness (QED) is 0.108. The molecule has 5 N–H and O–H groups in total. The molecule has 3 unspecified atom stereocenters. The van der Waals surface area contributed by atoms with Crippen molar-refractivity contribution in [2.24, 2.45) is 0 Å². The van der Waals surface area contributed by atoms with Crippen LogP contribution < -0.4 is 46.6 Å². The molecule has 0 saturated carbocycles. The Morgan fingerprint density at radius 2 is 0.952 bits per heavy atom. The summed E-state index contributed by atoms with van der Waals surface area (Å²) in [7, 11) is 0. The van der Waals surface area contributed by atoms with Crippen LogP contribution in [0.5, 0.6) is 0 Å². The maximum Gasteiger partial charge on any atom is 0.178 e. The lowest BCUT2D eigenvalue weighted by Crippen LogP contribution is -2.69. The number of aliphatic carboxylic acids is 7. The van der Waals surface area contributed by atoms with Crippen LogP contribution in [-0.2, 0) is 43.2 Å². The molecule has 0 aliphatic rings. The predicted octanol–water partition coefficient (Wildman–Crippen LogP) is -12.1. The molecule has 0 aliphatic heterocycles. The first-order valence-electron chi connectivity index (χ1n) is 11.5. The van der Waals surface area contributed by atoms with Crippen molar-refractivity contribution in [3.8, 4) is 0 Å². The van der Waals surface area contributed by atoms with Gasteiger partial charge >= 0.3 is 0 Å². The fourth-order valence-corrected chi connectivity index (χ4v) is 1.83. The molecule has 42 heavy (non-hydrogen) atoms. The van der Waals surface area contributed by atoms with Gasteiger partial charge in [0.2, 0.25) is 0 Å². The number of carbonyl (C=O) groups is 9. The first-order chi connectivity index (χ1) is 19.1. The second-order valence-electron chi connectivity index (χ2n) is 7.72. The number of carboxylic acid groups (broad SMARTS) is 7. The summed E-state index contributed by atoms with van der Waals surface area (Å²) in [5.74, 6) is -12.6. The van der Waals surface area contributed by atoms with E-state index in [0.29, 0.717) is 0 Å². The van der Waals surface area contributed by atoms with E-state index in [1.165, 1.54) is 0 Å². The zero-order valence-electron chi connectivity index (χ0n) is 21.9. The number of hydrogen-bond acceptors (Lipinski definition) is 18. The van der Waals surface area contributed by atoms with Gasteiger partial charge < -0.3 is 91.0 Å². The Balaban J connectivity index is -0.000000229. The fraction of sp³-hybridized carbons (Fsp3) is 0.591. The highest BCUT2D eigenvalue weighted by Crippen LogP contribution is 2.01. The summed E-state index contributed by atoms with van der Waals surface area (Å²) in [6.45, 7) is 0. The standard InChI is InChI=1S/C6H10NO4.C6H8O5.C5H10NO4.C5H6O5/c2*7-4(6(10)11)2-1-3-5(8)9;2*6-3(5(9)10)1-2-4(7)8/h4,7H,1-3H2,(H,8,9)(H,10,11);1-3H2,(H,8,9)(H,10,11);3,5,9H,1-2,6H2,(H,7,8);1-2H2,(H,7,8)(H,9,10)/q-1;;-1;/p-6. The normalized spacial score (nSPS) is 11.6. The van der Waals surface area contributed by atoms with Gasteiger partial charge in [-0.1, -0.05) is 12.5 Å². The van der Waals surface area contributed by atoms with E-state index in [1.807, 2.05) is 0 Å². The van der Waals surface area contributed by atoms with Gasteiger partial charge in [-0.05, 0) is 38.5 Å². The molecule has 3 atom stereocenters. The summed E-state index contributed by atoms with van der Waals surface area (Å²) >= 11 is 0. The van der Waals surface area contributed by atoms with Crippen molar-refractivity contribution < 1.29 is 94.8 Å². The molecule has 0 aromatic carbocycles. The summed E-state index contributed by atoms with van der Waals surface area (Å²) in [6.07, 6.45) is -3.80. The van der Waals surface area contributed by atoms with Crippen LogP contribution in [0.3, 0.4) is 0 Å². The van der Waals surface area contributed by atoms with Crippen LogP contribution in [0.15, 0.2) is 0 Å². The highest BCUT2D eigenvalue weighted by molar-refractivity contribution is 6.32. The van der Waals surface area contributed by atoms with Crippen LogP contribution in [0, 0.1) is 0 Å². The lowest BCUT2D eigenvalue weighted by atomic mass is 10.1. The van der Waals surface area contributed by atoms with Crippen LogP contribution in [0.2, 0.25) is 0 Å². The maximum atomic E-state index is 10.2. The van der Waals surface area contributed by atoms with Crippen molar-refractivity contribution in [3.63, 3.8) is 0 Å². The van der Waals surface area contributed by atoms with E-state index in [9.17, 15) is 84.0 Å². The number of aliphatic hydroxyl groups excluding tert-OH is 1. The summed E-state index contributed by atoms with van der Waals surface area (Å²) in [5, 5.41) is 86.8. The number of Topliss-reactive ketones (excluding diaryl/α,β-unsaturated/α-hetero) is 2. The molecule has 0 aromatic heterocycles. The van der Waals surface area contributed by atoms with Crippen LogP contribution >= 0.6 is 0 Å². The van der Waals surface area contributed by atoms with Crippen LogP contribution in [0.4, 0.5) is 0 Å². The third-order valence-electron chi connectivity index (χ3n) is 4.08. The first-order valence-corrected chi connectivity index (χ1v) is 11.5. The van der Waals surface area contributed by atoms with E-state index in [2.05, 4.69) is 5.73 Å². The van der Waals surface area contributed by atoms with Gasteiger partial charge in [0.15, 0.2) is 11.6 Å². The number of rotatable bonds is 18. The molecule has 242 valence electrons. The van der Waals surface area contributed by atoms with E-state index >= 15 is 0 Å². The van der Waals surface area contributed by atoms with Crippen LogP contribution in [0.1, 0.15) is 64.2 Å². The summed E-state index contributed by atoms with van der Waals surface area (Å²) in [6, 6.07) is -2.09. The average Bonchev–Trinajstić information content (AvgIpc) is 2.85. The largest absolute Gasteiger partial charge is 0.827 e. The van der Waals surface area contributed by atoms with E-state index in [0.717, 1.165) is 0 Å². The van der Waals surface area contributed by atoms with Crippen molar-refractivity contribution >= 4 is 53.4 Å². The SMILES string of the molecule is O=C([O-])CCC(=O)C(=O)[O-].O=C([O-])CCCC(=O)C(=O)[O-].[NH-]C(CCCC(=O)[O-])C(=O)[O-].[NH3+]C(CCC(=O)[O-])C([O-])O. The minimum Gasteiger partial charge on any atom is -0.827 e. The van der Waals surface area contributed by atoms with Gasteiger partial charge in [0.05, 0.1) is 6.04 Å². The lowest BCUT2D eigenvalue weighted by Gasteiger charge is -2.20. The van der Waals surface area contributed by atoms with E-state index in [1.54, 1.807) is 0 Å². The van der Waals surface area contributed by atoms with Gasteiger partial charge in [0.25, 0.3) is 0 Å². The Kier molecular flexibility index (Phi) is 28.3. The topological polar surface area (TPSA) is 410 Å². The summed E-state index contributed by atoms with van der Waals surface area (Å²) in [4.78, 5) is 88.7. The highest BCUT2D eigenvalue weighted by Gasteiger charge is 2.06. The smallest absolute Gasteiger partial charge is 0.178 e. The zero-order valence-corrected chi connectivity index (χ0v) is 21.9.